The highest BCUT2D eigenvalue weighted by molar-refractivity contribution is 7.89. The Morgan fingerprint density at radius 2 is 1.43 bits per heavy atom. The molecule has 0 heterocycles. The Kier molecular flexibility index (Phi) is 6.82. The number of anilines is 1. The molecule has 0 bridgehead atoms. The van der Waals surface area contributed by atoms with Crippen LogP contribution < -0.4 is 5.32 Å². The zero-order chi connectivity index (χ0) is 22.7. The van der Waals surface area contributed by atoms with Crippen molar-refractivity contribution in [2.45, 2.75) is 24.2 Å². The standard InChI is InChI=1S/C18H16F6N2O3S/c1-2-26(30(28,29)15-6-4-3-5-7-15)11-16(27)25-14-9-12(17(19,20)21)8-13(10-14)18(22,23)24/h3-10H,2,11H2,1H3,(H,25,27). The normalized spacial score (nSPS) is 12.8. The number of amides is 1. The molecule has 0 saturated heterocycles. The summed E-state index contributed by atoms with van der Waals surface area (Å²) >= 11 is 0. The first-order valence-electron chi connectivity index (χ1n) is 8.39. The van der Waals surface area contributed by atoms with Crippen LogP contribution in [-0.4, -0.2) is 31.7 Å². The highest BCUT2D eigenvalue weighted by Crippen LogP contribution is 2.37. The SMILES string of the molecule is CCN(CC(=O)Nc1cc(C(F)(F)F)cc(C(F)(F)F)c1)S(=O)(=O)c1ccccc1. The highest BCUT2D eigenvalue weighted by Gasteiger charge is 2.37. The summed E-state index contributed by atoms with van der Waals surface area (Å²) in [5.74, 6) is -1.09. The van der Waals surface area contributed by atoms with E-state index in [1.165, 1.54) is 31.2 Å². The third-order valence-electron chi connectivity index (χ3n) is 3.93. The minimum Gasteiger partial charge on any atom is -0.325 e. The van der Waals surface area contributed by atoms with Crippen LogP contribution in [0.4, 0.5) is 32.0 Å². The van der Waals surface area contributed by atoms with E-state index in [1.54, 1.807) is 6.07 Å². The summed E-state index contributed by atoms with van der Waals surface area (Å²) in [5.41, 5.74) is -3.95. The summed E-state index contributed by atoms with van der Waals surface area (Å²) in [6.45, 7) is 0.478. The molecule has 30 heavy (non-hydrogen) atoms. The van der Waals surface area contributed by atoms with Crippen LogP contribution in [0.15, 0.2) is 53.4 Å². The predicted octanol–water partition coefficient (Wildman–Crippen LogP) is 4.37. The monoisotopic (exact) mass is 454 g/mol. The molecular formula is C18H16F6N2O3S. The van der Waals surface area contributed by atoms with Gasteiger partial charge in [0.1, 0.15) is 0 Å². The van der Waals surface area contributed by atoms with Gasteiger partial charge < -0.3 is 5.32 Å². The van der Waals surface area contributed by atoms with Crippen molar-refractivity contribution in [1.29, 1.82) is 0 Å². The molecule has 0 unspecified atom stereocenters. The van der Waals surface area contributed by atoms with Gasteiger partial charge in [-0.15, -0.1) is 0 Å². The Morgan fingerprint density at radius 1 is 0.933 bits per heavy atom. The molecule has 2 rings (SSSR count). The molecule has 12 heteroatoms. The number of alkyl halides is 6. The molecule has 1 amide bonds. The fourth-order valence-corrected chi connectivity index (χ4v) is 3.92. The lowest BCUT2D eigenvalue weighted by Gasteiger charge is -2.20. The molecule has 1 N–H and O–H groups in total. The summed E-state index contributed by atoms with van der Waals surface area (Å²) in [4.78, 5) is 12.1. The van der Waals surface area contributed by atoms with Gasteiger partial charge in [0, 0.05) is 12.2 Å². The quantitative estimate of drug-likeness (QED) is 0.660. The second kappa shape index (κ2) is 8.64. The maximum atomic E-state index is 12.9. The van der Waals surface area contributed by atoms with Crippen LogP contribution in [0.3, 0.4) is 0 Å². The summed E-state index contributed by atoms with van der Waals surface area (Å²) in [6, 6.07) is 7.69. The molecule has 0 fully saturated rings. The van der Waals surface area contributed by atoms with Crippen molar-refractivity contribution in [3.05, 3.63) is 59.7 Å². The average Bonchev–Trinajstić information content (AvgIpc) is 2.65. The average molecular weight is 454 g/mol. The minimum absolute atomic E-state index is 0.0755. The molecule has 0 aliphatic rings. The molecule has 164 valence electrons. The number of hydrogen-bond acceptors (Lipinski definition) is 3. The highest BCUT2D eigenvalue weighted by atomic mass is 32.2. The first-order valence-corrected chi connectivity index (χ1v) is 9.83. The smallest absolute Gasteiger partial charge is 0.325 e. The maximum absolute atomic E-state index is 12.9. The van der Waals surface area contributed by atoms with Crippen LogP contribution in [0.5, 0.6) is 0 Å². The largest absolute Gasteiger partial charge is 0.416 e. The molecule has 0 aliphatic carbocycles. The Bertz CT molecular complexity index is 973. The molecule has 2 aromatic carbocycles. The second-order valence-electron chi connectivity index (χ2n) is 6.09. The van der Waals surface area contributed by atoms with Crippen LogP contribution in [0.2, 0.25) is 0 Å². The number of rotatable bonds is 6. The third-order valence-corrected chi connectivity index (χ3v) is 5.86. The molecule has 0 aromatic heterocycles. The molecule has 0 aliphatic heterocycles. The summed E-state index contributed by atoms with van der Waals surface area (Å²) in [5, 5.41) is 1.91. The predicted molar refractivity (Wildman–Crippen MR) is 96.0 cm³/mol. The molecule has 2 aromatic rings. The van der Waals surface area contributed by atoms with Crippen LogP contribution in [0, 0.1) is 0 Å². The van der Waals surface area contributed by atoms with Crippen molar-refractivity contribution < 1.29 is 39.6 Å². The maximum Gasteiger partial charge on any atom is 0.416 e. The molecule has 5 nitrogen and oxygen atoms in total. The van der Waals surface area contributed by atoms with E-state index in [-0.39, 0.29) is 17.5 Å². The Balaban J connectivity index is 2.28. The number of nitrogens with zero attached hydrogens (tertiary/aromatic N) is 1. The van der Waals surface area contributed by atoms with Gasteiger partial charge in [-0.3, -0.25) is 4.79 Å². The molecule has 0 saturated carbocycles. The lowest BCUT2D eigenvalue weighted by Crippen LogP contribution is -2.37. The number of hydrogen-bond donors (Lipinski definition) is 1. The summed E-state index contributed by atoms with van der Waals surface area (Å²) in [7, 11) is -4.09. The summed E-state index contributed by atoms with van der Waals surface area (Å²) in [6.07, 6.45) is -10.2. The van der Waals surface area contributed by atoms with E-state index in [4.69, 9.17) is 0 Å². The van der Waals surface area contributed by atoms with Crippen LogP contribution in [0.25, 0.3) is 0 Å². The van der Waals surface area contributed by atoms with Crippen molar-refractivity contribution in [1.82, 2.24) is 4.31 Å². The molecular weight excluding hydrogens is 438 g/mol. The number of carbonyl (C=O) groups excluding carboxylic acids is 1. The van der Waals surface area contributed by atoms with E-state index >= 15 is 0 Å². The van der Waals surface area contributed by atoms with Gasteiger partial charge in [-0.1, -0.05) is 25.1 Å². The van der Waals surface area contributed by atoms with Crippen molar-refractivity contribution in [2.75, 3.05) is 18.4 Å². The van der Waals surface area contributed by atoms with E-state index in [0.29, 0.717) is 12.1 Å². The first-order chi connectivity index (χ1) is 13.7. The van der Waals surface area contributed by atoms with Crippen molar-refractivity contribution >= 4 is 21.6 Å². The van der Waals surface area contributed by atoms with Crippen molar-refractivity contribution in [3.63, 3.8) is 0 Å². The fourth-order valence-electron chi connectivity index (χ4n) is 2.50. The van der Waals surface area contributed by atoms with Gasteiger partial charge in [0.05, 0.1) is 22.6 Å². The third kappa shape index (κ3) is 5.72. The molecule has 0 atom stereocenters. The number of benzene rings is 2. The zero-order valence-corrected chi connectivity index (χ0v) is 16.2. The molecule has 0 radical (unpaired) electrons. The summed E-state index contributed by atoms with van der Waals surface area (Å²) < 4.78 is 103. The van der Waals surface area contributed by atoms with Gasteiger partial charge in [0.15, 0.2) is 0 Å². The first kappa shape index (κ1) is 23.7. The van der Waals surface area contributed by atoms with Gasteiger partial charge >= 0.3 is 12.4 Å². The van der Waals surface area contributed by atoms with Gasteiger partial charge in [0.2, 0.25) is 15.9 Å². The lowest BCUT2D eigenvalue weighted by atomic mass is 10.1. The minimum atomic E-state index is -5.08. The van der Waals surface area contributed by atoms with Crippen LogP contribution in [-0.2, 0) is 27.2 Å². The van der Waals surface area contributed by atoms with Gasteiger partial charge in [-0.05, 0) is 30.3 Å². The lowest BCUT2D eigenvalue weighted by molar-refractivity contribution is -0.143. The Hall–Kier alpha value is -2.60. The number of nitrogens with one attached hydrogen (secondary N) is 1. The van der Waals surface area contributed by atoms with E-state index in [1.807, 2.05) is 5.32 Å². The Labute approximate surface area is 168 Å². The van der Waals surface area contributed by atoms with Crippen molar-refractivity contribution in [2.24, 2.45) is 0 Å². The topological polar surface area (TPSA) is 66.5 Å². The second-order valence-corrected chi connectivity index (χ2v) is 8.02. The van der Waals surface area contributed by atoms with E-state index < -0.39 is 51.6 Å². The molecule has 0 spiro atoms. The van der Waals surface area contributed by atoms with E-state index in [0.717, 1.165) is 4.31 Å². The van der Waals surface area contributed by atoms with Gasteiger partial charge in [-0.2, -0.15) is 30.6 Å². The number of sulfonamides is 1. The van der Waals surface area contributed by atoms with Crippen LogP contribution >= 0.6 is 0 Å². The Morgan fingerprint density at radius 3 is 1.87 bits per heavy atom. The number of likely N-dealkylation sites (N-methyl/N-ethyl adjacent to an activating group) is 1. The number of halogens is 6. The van der Waals surface area contributed by atoms with Gasteiger partial charge in [0.25, 0.3) is 0 Å². The van der Waals surface area contributed by atoms with E-state index in [9.17, 15) is 39.6 Å². The zero-order valence-electron chi connectivity index (χ0n) is 15.4. The van der Waals surface area contributed by atoms with Gasteiger partial charge in [-0.25, -0.2) is 8.42 Å². The fraction of sp³-hybridized carbons (Fsp3) is 0.278. The van der Waals surface area contributed by atoms with Crippen LogP contribution in [0.1, 0.15) is 18.1 Å². The number of carbonyl (C=O) groups is 1. The van der Waals surface area contributed by atoms with E-state index in [2.05, 4.69) is 0 Å². The van der Waals surface area contributed by atoms with Crippen molar-refractivity contribution in [3.8, 4) is 0 Å².